The van der Waals surface area contributed by atoms with E-state index in [4.69, 9.17) is 19.3 Å². The molecule has 4 fully saturated rings. The highest BCUT2D eigenvalue weighted by atomic mass is 16.7. The van der Waals surface area contributed by atoms with Crippen LogP contribution in [-0.4, -0.2) is 66.7 Å². The standard InChI is InChI=1S/C31H40NO5.C7H14.CH4O/c1-23(2)19-29(33)35-22-36-31(24-11-5-3-6-12-24,25-13-7-4-8-14-25)30(34)37-28-20-26-15-16-27(21-28)32(26)17-9-10-18-32;1-7-5-3-2-4-6-7;1-2/h3-8,11-14,23,26-28H,9-10,15-22H2,1-2H3;7H,2-6H2,1H3;2H,1H3/q+1;;. The molecule has 2 unspecified atom stereocenters. The van der Waals surface area contributed by atoms with Crippen molar-refractivity contribution in [3.05, 3.63) is 71.8 Å². The molecule has 2 atom stereocenters. The molecule has 0 amide bonds. The SMILES string of the molecule is CC(C)CC(=O)OCOC(C(=O)OC1CC2CCC(C1)[N+]21CCCC1)(c1ccccc1)c1ccccc1.CC1CCCCC1.CO. The average molecular weight is 637 g/mol. The van der Waals surface area contributed by atoms with E-state index >= 15 is 0 Å². The van der Waals surface area contributed by atoms with Gasteiger partial charge in [0.1, 0.15) is 6.10 Å². The minimum absolute atomic E-state index is 0.131. The summed E-state index contributed by atoms with van der Waals surface area (Å²) in [6.45, 7) is 8.50. The Morgan fingerprint density at radius 3 is 1.78 bits per heavy atom. The van der Waals surface area contributed by atoms with E-state index in [0.717, 1.165) is 25.9 Å². The van der Waals surface area contributed by atoms with Crippen molar-refractivity contribution in [1.82, 2.24) is 0 Å². The van der Waals surface area contributed by atoms with E-state index < -0.39 is 11.6 Å². The second-order valence-corrected chi connectivity index (χ2v) is 14.2. The monoisotopic (exact) mass is 636 g/mol. The van der Waals surface area contributed by atoms with Gasteiger partial charge in [0.05, 0.1) is 25.2 Å². The summed E-state index contributed by atoms with van der Waals surface area (Å²) in [5, 5.41) is 7.00. The van der Waals surface area contributed by atoms with Crippen LogP contribution in [0.2, 0.25) is 0 Å². The van der Waals surface area contributed by atoms with Gasteiger partial charge in [-0.1, -0.05) is 114 Å². The number of carbonyl (C=O) groups excluding carboxylic acids is 2. The lowest BCUT2D eigenvalue weighted by atomic mass is 9.85. The Bertz CT molecular complexity index is 1130. The molecule has 1 spiro atoms. The molecule has 2 aromatic carbocycles. The molecule has 7 nitrogen and oxygen atoms in total. The number of piperidine rings is 1. The van der Waals surface area contributed by atoms with Crippen LogP contribution in [0, 0.1) is 11.8 Å². The van der Waals surface area contributed by atoms with Crippen molar-refractivity contribution in [2.45, 2.75) is 122 Å². The van der Waals surface area contributed by atoms with Crippen molar-refractivity contribution in [2.75, 3.05) is 27.0 Å². The number of benzene rings is 2. The van der Waals surface area contributed by atoms with Gasteiger partial charge in [0.2, 0.25) is 5.60 Å². The second-order valence-electron chi connectivity index (χ2n) is 14.2. The second kappa shape index (κ2) is 17.4. The maximum Gasteiger partial charge on any atom is 0.348 e. The van der Waals surface area contributed by atoms with Crippen LogP contribution in [0.5, 0.6) is 0 Å². The van der Waals surface area contributed by atoms with Gasteiger partial charge in [0.25, 0.3) is 0 Å². The summed E-state index contributed by atoms with van der Waals surface area (Å²) in [6, 6.07) is 20.0. The summed E-state index contributed by atoms with van der Waals surface area (Å²) in [6.07, 6.45) is 14.5. The zero-order valence-corrected chi connectivity index (χ0v) is 28.7. The van der Waals surface area contributed by atoms with E-state index in [1.807, 2.05) is 74.5 Å². The molecule has 7 heteroatoms. The van der Waals surface area contributed by atoms with Crippen molar-refractivity contribution in [2.24, 2.45) is 11.8 Å². The van der Waals surface area contributed by atoms with Crippen LogP contribution >= 0.6 is 0 Å². The molecular formula is C39H58NO6+. The van der Waals surface area contributed by atoms with Gasteiger partial charge < -0.3 is 23.8 Å². The molecule has 0 aromatic heterocycles. The van der Waals surface area contributed by atoms with Crippen LogP contribution in [0.25, 0.3) is 0 Å². The topological polar surface area (TPSA) is 82.1 Å². The smallest absolute Gasteiger partial charge is 0.348 e. The van der Waals surface area contributed by atoms with Gasteiger partial charge in [-0.05, 0) is 23.0 Å². The number of nitrogens with zero attached hydrogens (tertiary/aromatic N) is 1. The number of carbonyl (C=O) groups is 2. The normalized spacial score (nSPS) is 23.6. The van der Waals surface area contributed by atoms with Gasteiger partial charge in [0.15, 0.2) is 6.79 Å². The van der Waals surface area contributed by atoms with Gasteiger partial charge in [-0.2, -0.15) is 0 Å². The first kappa shape index (κ1) is 36.1. The van der Waals surface area contributed by atoms with Crippen molar-refractivity contribution in [3.63, 3.8) is 0 Å². The average Bonchev–Trinajstić information content (AvgIpc) is 3.62. The summed E-state index contributed by atoms with van der Waals surface area (Å²) >= 11 is 0. The van der Waals surface area contributed by atoms with Crippen LogP contribution in [0.1, 0.15) is 109 Å². The zero-order valence-electron chi connectivity index (χ0n) is 28.7. The predicted octanol–water partition coefficient (Wildman–Crippen LogP) is 7.54. The van der Waals surface area contributed by atoms with Gasteiger partial charge >= 0.3 is 11.9 Å². The Morgan fingerprint density at radius 1 is 0.804 bits per heavy atom. The van der Waals surface area contributed by atoms with Crippen molar-refractivity contribution in [1.29, 1.82) is 0 Å². The number of hydrogen-bond acceptors (Lipinski definition) is 6. The first-order valence-electron chi connectivity index (χ1n) is 17.8. The Labute approximate surface area is 277 Å². The van der Waals surface area contributed by atoms with Gasteiger partial charge in [-0.3, -0.25) is 4.79 Å². The lowest BCUT2D eigenvalue weighted by Crippen LogP contribution is -2.60. The van der Waals surface area contributed by atoms with Crippen LogP contribution < -0.4 is 0 Å². The third kappa shape index (κ3) is 8.59. The summed E-state index contributed by atoms with van der Waals surface area (Å²) in [4.78, 5) is 26.5. The Balaban J connectivity index is 0.000000466. The maximum atomic E-state index is 14.2. The summed E-state index contributed by atoms with van der Waals surface area (Å²) in [5.41, 5.74) is -0.210. The minimum atomic E-state index is -1.53. The van der Waals surface area contributed by atoms with E-state index in [0.29, 0.717) is 29.6 Å². The molecule has 46 heavy (non-hydrogen) atoms. The number of hydrogen-bond donors (Lipinski definition) is 1. The van der Waals surface area contributed by atoms with E-state index in [2.05, 4.69) is 6.92 Å². The fourth-order valence-electron chi connectivity index (χ4n) is 8.40. The Morgan fingerprint density at radius 2 is 1.33 bits per heavy atom. The largest absolute Gasteiger partial charge is 0.459 e. The first-order valence-corrected chi connectivity index (χ1v) is 17.8. The van der Waals surface area contributed by atoms with Crippen molar-refractivity contribution < 1.29 is 33.4 Å². The highest BCUT2D eigenvalue weighted by molar-refractivity contribution is 5.86. The van der Waals surface area contributed by atoms with E-state index in [1.54, 1.807) is 0 Å². The molecule has 254 valence electrons. The van der Waals surface area contributed by atoms with E-state index in [9.17, 15) is 9.59 Å². The summed E-state index contributed by atoms with van der Waals surface area (Å²) in [7, 11) is 1.00. The Kier molecular flexibility index (Phi) is 13.7. The molecule has 4 aliphatic rings. The Hall–Kier alpha value is -2.74. The van der Waals surface area contributed by atoms with Crippen molar-refractivity contribution >= 4 is 11.9 Å². The molecular weight excluding hydrogens is 578 g/mol. The third-order valence-corrected chi connectivity index (χ3v) is 10.6. The van der Waals surface area contributed by atoms with Crippen LogP contribution in [0.3, 0.4) is 0 Å². The first-order chi connectivity index (χ1) is 22.3. The molecule has 1 saturated carbocycles. The van der Waals surface area contributed by atoms with E-state index in [1.165, 1.54) is 75.4 Å². The zero-order chi connectivity index (χ0) is 33.0. The molecule has 6 rings (SSSR count). The molecule has 2 bridgehead atoms. The van der Waals surface area contributed by atoms with Crippen LogP contribution in [-0.2, 0) is 29.4 Å². The summed E-state index contributed by atoms with van der Waals surface area (Å²) < 4.78 is 19.3. The molecule has 1 aliphatic carbocycles. The van der Waals surface area contributed by atoms with Gasteiger partial charge in [-0.25, -0.2) is 4.79 Å². The van der Waals surface area contributed by atoms with E-state index in [-0.39, 0.29) is 24.8 Å². The predicted molar refractivity (Wildman–Crippen MR) is 181 cm³/mol. The number of rotatable bonds is 9. The number of aliphatic hydroxyl groups is 1. The molecule has 3 aliphatic heterocycles. The molecule has 3 saturated heterocycles. The molecule has 1 N–H and O–H groups in total. The maximum absolute atomic E-state index is 14.2. The quantitative estimate of drug-likeness (QED) is 0.174. The fourth-order valence-corrected chi connectivity index (χ4v) is 8.40. The molecule has 0 radical (unpaired) electrons. The molecule has 3 heterocycles. The van der Waals surface area contributed by atoms with Crippen LogP contribution in [0.15, 0.2) is 60.7 Å². The fraction of sp³-hybridized carbons (Fsp3) is 0.641. The van der Waals surface area contributed by atoms with Crippen molar-refractivity contribution in [3.8, 4) is 0 Å². The van der Waals surface area contributed by atoms with Gasteiger partial charge in [-0.15, -0.1) is 0 Å². The van der Waals surface area contributed by atoms with Crippen LogP contribution in [0.4, 0.5) is 0 Å². The minimum Gasteiger partial charge on any atom is -0.459 e. The lowest BCUT2D eigenvalue weighted by Gasteiger charge is -2.47. The number of esters is 2. The lowest BCUT2D eigenvalue weighted by molar-refractivity contribution is -0.956. The highest BCUT2D eigenvalue weighted by Gasteiger charge is 2.57. The highest BCUT2D eigenvalue weighted by Crippen LogP contribution is 2.47. The number of quaternary nitrogens is 1. The van der Waals surface area contributed by atoms with Gasteiger partial charge in [0, 0.05) is 52.1 Å². The number of aliphatic hydroxyl groups excluding tert-OH is 1. The number of ether oxygens (including phenoxy) is 3. The summed E-state index contributed by atoms with van der Waals surface area (Å²) in [5.74, 6) is 0.424. The molecule has 2 aromatic rings. The third-order valence-electron chi connectivity index (χ3n) is 10.6.